The van der Waals surface area contributed by atoms with Crippen LogP contribution in [0.3, 0.4) is 0 Å². The second kappa shape index (κ2) is 4.21. The van der Waals surface area contributed by atoms with Gasteiger partial charge in [0.15, 0.2) is 0 Å². The number of carbonyl (C=O) groups is 2. The normalized spacial score (nSPS) is 20.1. The first-order chi connectivity index (χ1) is 7.61. The molecule has 1 atom stereocenters. The monoisotopic (exact) mass is 241 g/mol. The maximum absolute atomic E-state index is 12.0. The van der Waals surface area contributed by atoms with Crippen LogP contribution in [0.25, 0.3) is 0 Å². The molecular formula is C10H11NO4S. The highest BCUT2D eigenvalue weighted by atomic mass is 32.2. The lowest BCUT2D eigenvalue weighted by atomic mass is 10.2. The number of carboxylic acid groups (broad SMARTS) is 1. The van der Waals surface area contributed by atoms with Gasteiger partial charge in [0.25, 0.3) is 5.91 Å². The van der Waals surface area contributed by atoms with Gasteiger partial charge in [-0.2, -0.15) is 0 Å². The van der Waals surface area contributed by atoms with Crippen LogP contribution in [-0.2, 0) is 4.79 Å². The van der Waals surface area contributed by atoms with E-state index in [4.69, 9.17) is 9.52 Å². The summed E-state index contributed by atoms with van der Waals surface area (Å²) >= 11 is 1.44. The molecule has 16 heavy (non-hydrogen) atoms. The van der Waals surface area contributed by atoms with Gasteiger partial charge < -0.3 is 14.4 Å². The van der Waals surface area contributed by atoms with Crippen molar-refractivity contribution < 1.29 is 19.1 Å². The Morgan fingerprint density at radius 2 is 2.38 bits per heavy atom. The SMILES string of the molecule is Cc1occc1C(=O)N1CSCC1C(=O)O. The highest BCUT2D eigenvalue weighted by Crippen LogP contribution is 2.24. The fourth-order valence-electron chi connectivity index (χ4n) is 1.61. The first kappa shape index (κ1) is 11.1. The van der Waals surface area contributed by atoms with E-state index < -0.39 is 12.0 Å². The van der Waals surface area contributed by atoms with Crippen molar-refractivity contribution in [2.45, 2.75) is 13.0 Å². The van der Waals surface area contributed by atoms with Crippen molar-refractivity contribution in [1.29, 1.82) is 0 Å². The molecule has 1 unspecified atom stereocenters. The van der Waals surface area contributed by atoms with Gasteiger partial charge in [0.1, 0.15) is 11.8 Å². The molecule has 0 spiro atoms. The van der Waals surface area contributed by atoms with Crippen LogP contribution in [0.4, 0.5) is 0 Å². The number of amides is 1. The number of hydrogen-bond acceptors (Lipinski definition) is 4. The average molecular weight is 241 g/mol. The molecule has 6 heteroatoms. The van der Waals surface area contributed by atoms with E-state index in [2.05, 4.69) is 0 Å². The van der Waals surface area contributed by atoms with E-state index in [1.54, 1.807) is 13.0 Å². The summed E-state index contributed by atoms with van der Waals surface area (Å²) in [5.41, 5.74) is 0.439. The molecule has 86 valence electrons. The molecule has 1 fully saturated rings. The van der Waals surface area contributed by atoms with Crippen LogP contribution in [0.1, 0.15) is 16.1 Å². The Hall–Kier alpha value is -1.43. The van der Waals surface area contributed by atoms with Crippen LogP contribution in [0.5, 0.6) is 0 Å². The molecule has 0 bridgehead atoms. The molecule has 1 aromatic heterocycles. The molecule has 5 nitrogen and oxygen atoms in total. The highest BCUT2D eigenvalue weighted by molar-refractivity contribution is 7.99. The lowest BCUT2D eigenvalue weighted by Gasteiger charge is -2.19. The second-order valence-corrected chi connectivity index (χ2v) is 4.52. The van der Waals surface area contributed by atoms with Crippen molar-refractivity contribution in [3.63, 3.8) is 0 Å². The molecule has 1 aliphatic heterocycles. The standard InChI is InChI=1S/C10H11NO4S/c1-6-7(2-3-15-6)9(12)11-5-16-4-8(11)10(13)14/h2-3,8H,4-5H2,1H3,(H,13,14). The van der Waals surface area contributed by atoms with Gasteiger partial charge in [-0.1, -0.05) is 0 Å². The number of rotatable bonds is 2. The molecule has 1 aliphatic rings. The number of furan rings is 1. The third kappa shape index (κ3) is 1.80. The molecule has 0 saturated carbocycles. The molecule has 0 aliphatic carbocycles. The Balaban J connectivity index is 2.22. The van der Waals surface area contributed by atoms with Gasteiger partial charge in [-0.05, 0) is 13.0 Å². The van der Waals surface area contributed by atoms with Crippen molar-refractivity contribution in [1.82, 2.24) is 4.90 Å². The predicted octanol–water partition coefficient (Wildman–Crippen LogP) is 1.19. The molecule has 1 amide bonds. The van der Waals surface area contributed by atoms with Crippen LogP contribution in [0.2, 0.25) is 0 Å². The molecule has 1 N–H and O–H groups in total. The number of hydrogen-bond donors (Lipinski definition) is 1. The summed E-state index contributed by atoms with van der Waals surface area (Å²) in [5.74, 6) is 0.146. The van der Waals surface area contributed by atoms with Crippen molar-refractivity contribution in [3.8, 4) is 0 Å². The summed E-state index contributed by atoms with van der Waals surface area (Å²) in [6, 6.07) is 0.839. The number of aliphatic carboxylic acids is 1. The minimum absolute atomic E-state index is 0.274. The van der Waals surface area contributed by atoms with Gasteiger partial charge in [-0.15, -0.1) is 11.8 Å². The number of nitrogens with zero attached hydrogens (tertiary/aromatic N) is 1. The van der Waals surface area contributed by atoms with Crippen molar-refractivity contribution >= 4 is 23.6 Å². The Morgan fingerprint density at radius 1 is 1.62 bits per heavy atom. The van der Waals surface area contributed by atoms with Crippen molar-refractivity contribution in [2.24, 2.45) is 0 Å². The Bertz CT molecular complexity index is 428. The van der Waals surface area contributed by atoms with Crippen LogP contribution in [0.15, 0.2) is 16.7 Å². The average Bonchev–Trinajstić information content (AvgIpc) is 2.84. The maximum atomic E-state index is 12.0. The molecule has 2 heterocycles. The molecule has 2 rings (SSSR count). The minimum atomic E-state index is -0.959. The van der Waals surface area contributed by atoms with Crippen LogP contribution < -0.4 is 0 Å². The number of thioether (sulfide) groups is 1. The van der Waals surface area contributed by atoms with E-state index in [-0.39, 0.29) is 5.91 Å². The first-order valence-electron chi connectivity index (χ1n) is 4.77. The van der Waals surface area contributed by atoms with Gasteiger partial charge in [-0.25, -0.2) is 4.79 Å². The maximum Gasteiger partial charge on any atom is 0.327 e. The van der Waals surface area contributed by atoms with Crippen molar-refractivity contribution in [3.05, 3.63) is 23.7 Å². The fraction of sp³-hybridized carbons (Fsp3) is 0.400. The van der Waals surface area contributed by atoms with Gasteiger partial charge in [0.05, 0.1) is 17.7 Å². The smallest absolute Gasteiger partial charge is 0.327 e. The molecule has 0 aromatic carbocycles. The number of carbonyl (C=O) groups excluding carboxylic acids is 1. The van der Waals surface area contributed by atoms with Crippen LogP contribution >= 0.6 is 11.8 Å². The summed E-state index contributed by atoms with van der Waals surface area (Å²) in [5, 5.41) is 8.97. The molecular weight excluding hydrogens is 230 g/mol. The van der Waals surface area contributed by atoms with Crippen molar-refractivity contribution in [2.75, 3.05) is 11.6 Å². The first-order valence-corrected chi connectivity index (χ1v) is 5.92. The summed E-state index contributed by atoms with van der Waals surface area (Å²) in [7, 11) is 0. The zero-order valence-corrected chi connectivity index (χ0v) is 9.49. The fourth-order valence-corrected chi connectivity index (χ4v) is 2.75. The van der Waals surface area contributed by atoms with E-state index in [1.165, 1.54) is 22.9 Å². The van der Waals surface area contributed by atoms with E-state index in [9.17, 15) is 9.59 Å². The summed E-state index contributed by atoms with van der Waals surface area (Å²) in [6.45, 7) is 1.69. The van der Waals surface area contributed by atoms with Crippen LogP contribution in [0, 0.1) is 6.92 Å². The van der Waals surface area contributed by atoms with E-state index in [0.29, 0.717) is 23.0 Å². The largest absolute Gasteiger partial charge is 0.480 e. The topological polar surface area (TPSA) is 70.8 Å². The molecule has 1 saturated heterocycles. The Morgan fingerprint density at radius 3 is 2.94 bits per heavy atom. The predicted molar refractivity (Wildman–Crippen MR) is 58.4 cm³/mol. The second-order valence-electron chi connectivity index (χ2n) is 3.52. The zero-order chi connectivity index (χ0) is 11.7. The van der Waals surface area contributed by atoms with E-state index in [1.807, 2.05) is 0 Å². The molecule has 0 radical (unpaired) electrons. The third-order valence-corrected chi connectivity index (χ3v) is 3.53. The van der Waals surface area contributed by atoms with Gasteiger partial charge in [-0.3, -0.25) is 4.79 Å². The highest BCUT2D eigenvalue weighted by Gasteiger charge is 2.35. The summed E-state index contributed by atoms with van der Waals surface area (Å²) in [6.07, 6.45) is 1.43. The quantitative estimate of drug-likeness (QED) is 0.842. The summed E-state index contributed by atoms with van der Waals surface area (Å²) in [4.78, 5) is 24.3. The Labute approximate surface area is 96.4 Å². The molecule has 1 aromatic rings. The van der Waals surface area contributed by atoms with Gasteiger partial charge >= 0.3 is 5.97 Å². The van der Waals surface area contributed by atoms with E-state index in [0.717, 1.165) is 0 Å². The number of aryl methyl sites for hydroxylation is 1. The Kier molecular flexibility index (Phi) is 2.91. The van der Waals surface area contributed by atoms with E-state index >= 15 is 0 Å². The van der Waals surface area contributed by atoms with Gasteiger partial charge in [0.2, 0.25) is 0 Å². The lowest BCUT2D eigenvalue weighted by Crippen LogP contribution is -2.41. The minimum Gasteiger partial charge on any atom is -0.480 e. The number of carboxylic acids is 1. The lowest BCUT2D eigenvalue weighted by molar-refractivity contribution is -0.140. The third-order valence-electron chi connectivity index (χ3n) is 2.52. The van der Waals surface area contributed by atoms with Gasteiger partial charge in [0, 0.05) is 5.75 Å². The summed E-state index contributed by atoms with van der Waals surface area (Å²) < 4.78 is 5.04. The van der Waals surface area contributed by atoms with Crippen LogP contribution in [-0.4, -0.2) is 39.6 Å². The zero-order valence-electron chi connectivity index (χ0n) is 8.67.